The van der Waals surface area contributed by atoms with Crippen LogP contribution in [0.3, 0.4) is 0 Å². The molecule has 0 spiro atoms. The van der Waals surface area contributed by atoms with Crippen molar-refractivity contribution in [3.63, 3.8) is 0 Å². The fraction of sp³-hybridized carbons (Fsp3) is 0.263. The highest BCUT2D eigenvalue weighted by atomic mass is 35.5. The number of hydrogen-bond acceptors (Lipinski definition) is 3. The molecule has 132 valence electrons. The average molecular weight is 362 g/mol. The second-order valence-corrected chi connectivity index (χ2v) is 6.16. The Morgan fingerprint density at radius 1 is 1.24 bits per heavy atom. The Balaban J connectivity index is 2.07. The topological polar surface area (TPSA) is 75.6 Å². The number of carbonyl (C=O) groups is 2. The summed E-state index contributed by atoms with van der Waals surface area (Å²) < 4.78 is 5.15. The van der Waals surface area contributed by atoms with Crippen molar-refractivity contribution >= 4 is 23.5 Å². The molecule has 1 amide bonds. The molecular formula is C19H20ClNO4. The van der Waals surface area contributed by atoms with Gasteiger partial charge in [-0.15, -0.1) is 0 Å². The van der Waals surface area contributed by atoms with Crippen molar-refractivity contribution in [2.75, 3.05) is 13.7 Å². The molecule has 2 aromatic carbocycles. The quantitative estimate of drug-likeness (QED) is 0.793. The molecule has 0 heterocycles. The minimum atomic E-state index is -0.952. The summed E-state index contributed by atoms with van der Waals surface area (Å²) in [5.74, 6) is -1.73. The highest BCUT2D eigenvalue weighted by Crippen LogP contribution is 2.23. The Labute approximate surface area is 151 Å². The van der Waals surface area contributed by atoms with E-state index in [-0.39, 0.29) is 6.54 Å². The van der Waals surface area contributed by atoms with Crippen LogP contribution in [0.15, 0.2) is 42.5 Å². The molecule has 2 N–H and O–H groups in total. The number of methoxy groups -OCH3 is 1. The molecule has 2 rings (SSSR count). The minimum Gasteiger partial charge on any atom is -0.496 e. The first-order valence-electron chi connectivity index (χ1n) is 7.81. The highest BCUT2D eigenvalue weighted by molar-refractivity contribution is 6.30. The van der Waals surface area contributed by atoms with Gasteiger partial charge in [-0.3, -0.25) is 9.59 Å². The molecule has 2 aromatic rings. The number of nitrogens with one attached hydrogen (secondary N) is 1. The zero-order valence-corrected chi connectivity index (χ0v) is 14.8. The number of ether oxygens (including phenoxy) is 1. The number of aliphatic carboxylic acids is 1. The highest BCUT2D eigenvalue weighted by Gasteiger charge is 2.21. The molecule has 1 unspecified atom stereocenters. The molecule has 0 radical (unpaired) electrons. The second-order valence-electron chi connectivity index (χ2n) is 5.72. The van der Waals surface area contributed by atoms with Crippen LogP contribution in [0.1, 0.15) is 21.5 Å². The van der Waals surface area contributed by atoms with Gasteiger partial charge < -0.3 is 15.2 Å². The van der Waals surface area contributed by atoms with E-state index in [4.69, 9.17) is 16.3 Å². The van der Waals surface area contributed by atoms with Crippen LogP contribution >= 0.6 is 11.6 Å². The second kappa shape index (κ2) is 8.53. The predicted molar refractivity (Wildman–Crippen MR) is 96.3 cm³/mol. The first kappa shape index (κ1) is 18.8. The van der Waals surface area contributed by atoms with E-state index >= 15 is 0 Å². The first-order valence-corrected chi connectivity index (χ1v) is 8.19. The van der Waals surface area contributed by atoms with E-state index in [9.17, 15) is 14.7 Å². The fourth-order valence-electron chi connectivity index (χ4n) is 2.52. The molecule has 0 saturated heterocycles. The summed E-state index contributed by atoms with van der Waals surface area (Å²) in [6.45, 7) is 1.96. The number of amides is 1. The average Bonchev–Trinajstić information content (AvgIpc) is 2.59. The van der Waals surface area contributed by atoms with E-state index in [0.29, 0.717) is 22.8 Å². The van der Waals surface area contributed by atoms with Crippen molar-refractivity contribution in [1.29, 1.82) is 0 Å². The molecular weight excluding hydrogens is 342 g/mol. The molecule has 6 heteroatoms. The van der Waals surface area contributed by atoms with Gasteiger partial charge in [-0.1, -0.05) is 35.9 Å². The van der Waals surface area contributed by atoms with Gasteiger partial charge in [0.1, 0.15) is 5.75 Å². The van der Waals surface area contributed by atoms with E-state index < -0.39 is 17.8 Å². The lowest BCUT2D eigenvalue weighted by molar-refractivity contribution is -0.141. The van der Waals surface area contributed by atoms with Gasteiger partial charge in [0.15, 0.2) is 0 Å². The van der Waals surface area contributed by atoms with Crippen LogP contribution in [0.2, 0.25) is 5.02 Å². The van der Waals surface area contributed by atoms with Gasteiger partial charge in [-0.25, -0.2) is 0 Å². The van der Waals surface area contributed by atoms with E-state index in [1.807, 2.05) is 31.2 Å². The van der Waals surface area contributed by atoms with E-state index in [0.717, 1.165) is 11.1 Å². The van der Waals surface area contributed by atoms with Gasteiger partial charge in [-0.2, -0.15) is 0 Å². The van der Waals surface area contributed by atoms with Crippen molar-refractivity contribution < 1.29 is 19.4 Å². The zero-order chi connectivity index (χ0) is 18.4. The van der Waals surface area contributed by atoms with Crippen molar-refractivity contribution in [3.8, 4) is 5.75 Å². The predicted octanol–water partition coefficient (Wildman–Crippen LogP) is 3.33. The van der Waals surface area contributed by atoms with Gasteiger partial charge >= 0.3 is 5.97 Å². The molecule has 25 heavy (non-hydrogen) atoms. The maximum atomic E-state index is 12.4. The van der Waals surface area contributed by atoms with Crippen LogP contribution < -0.4 is 10.1 Å². The SMILES string of the molecule is COc1cc(Cl)ccc1C(=O)NCC(Cc1ccccc1C)C(=O)O. The molecule has 0 aromatic heterocycles. The summed E-state index contributed by atoms with van der Waals surface area (Å²) in [5, 5.41) is 12.6. The number of halogens is 1. The van der Waals surface area contributed by atoms with Crippen LogP contribution in [-0.2, 0) is 11.2 Å². The molecule has 0 aliphatic heterocycles. The van der Waals surface area contributed by atoms with Crippen LogP contribution in [0.25, 0.3) is 0 Å². The van der Waals surface area contributed by atoms with Gasteiger partial charge in [0.05, 0.1) is 18.6 Å². The summed E-state index contributed by atoms with van der Waals surface area (Å²) >= 11 is 5.89. The number of hydrogen-bond donors (Lipinski definition) is 2. The van der Waals surface area contributed by atoms with Gasteiger partial charge in [0.25, 0.3) is 5.91 Å². The summed E-state index contributed by atoms with van der Waals surface area (Å²) in [6, 6.07) is 12.3. The van der Waals surface area contributed by atoms with Crippen molar-refractivity contribution in [2.45, 2.75) is 13.3 Å². The lowest BCUT2D eigenvalue weighted by Gasteiger charge is -2.16. The Morgan fingerprint density at radius 2 is 1.96 bits per heavy atom. The normalized spacial score (nSPS) is 11.6. The number of benzene rings is 2. The van der Waals surface area contributed by atoms with Crippen molar-refractivity contribution in [3.05, 3.63) is 64.2 Å². The Kier molecular flexibility index (Phi) is 6.42. The summed E-state index contributed by atoms with van der Waals surface area (Å²) in [6.07, 6.45) is 0.347. The van der Waals surface area contributed by atoms with Crippen LogP contribution in [0.4, 0.5) is 0 Å². The maximum absolute atomic E-state index is 12.4. The molecule has 0 bridgehead atoms. The van der Waals surface area contributed by atoms with E-state index in [1.165, 1.54) is 7.11 Å². The van der Waals surface area contributed by atoms with Gasteiger partial charge in [0, 0.05) is 11.6 Å². The molecule has 0 aliphatic carbocycles. The zero-order valence-electron chi connectivity index (χ0n) is 14.1. The summed E-state index contributed by atoms with van der Waals surface area (Å²) in [7, 11) is 1.45. The third-order valence-corrected chi connectivity index (χ3v) is 4.23. The van der Waals surface area contributed by atoms with Crippen LogP contribution in [0, 0.1) is 12.8 Å². The van der Waals surface area contributed by atoms with Crippen LogP contribution in [-0.4, -0.2) is 30.6 Å². The Hall–Kier alpha value is -2.53. The third-order valence-electron chi connectivity index (χ3n) is 3.99. The minimum absolute atomic E-state index is 0.0221. The number of carboxylic acids is 1. The number of aryl methyl sites for hydroxylation is 1. The standard InChI is InChI=1S/C19H20ClNO4/c1-12-5-3-4-6-13(12)9-14(19(23)24)11-21-18(22)16-8-7-15(20)10-17(16)25-2/h3-8,10,14H,9,11H2,1-2H3,(H,21,22)(H,23,24). The Bertz CT molecular complexity index is 776. The largest absolute Gasteiger partial charge is 0.496 e. The molecule has 5 nitrogen and oxygen atoms in total. The third kappa shape index (κ3) is 4.97. The summed E-state index contributed by atoms with van der Waals surface area (Å²) in [5.41, 5.74) is 2.29. The fourth-order valence-corrected chi connectivity index (χ4v) is 2.68. The lowest BCUT2D eigenvalue weighted by Crippen LogP contribution is -2.34. The number of carbonyl (C=O) groups excluding carboxylic acids is 1. The Morgan fingerprint density at radius 3 is 2.60 bits per heavy atom. The molecule has 0 aliphatic rings. The molecule has 0 fully saturated rings. The monoisotopic (exact) mass is 361 g/mol. The van der Waals surface area contributed by atoms with Crippen LogP contribution in [0.5, 0.6) is 5.75 Å². The maximum Gasteiger partial charge on any atom is 0.308 e. The van der Waals surface area contributed by atoms with E-state index in [1.54, 1.807) is 18.2 Å². The number of carboxylic acid groups (broad SMARTS) is 1. The number of rotatable bonds is 7. The molecule has 1 atom stereocenters. The van der Waals surface area contributed by atoms with Crippen molar-refractivity contribution in [2.24, 2.45) is 5.92 Å². The summed E-state index contributed by atoms with van der Waals surface area (Å²) in [4.78, 5) is 23.9. The van der Waals surface area contributed by atoms with Crippen molar-refractivity contribution in [1.82, 2.24) is 5.32 Å². The van der Waals surface area contributed by atoms with Gasteiger partial charge in [-0.05, 0) is 42.7 Å². The van der Waals surface area contributed by atoms with Gasteiger partial charge in [0.2, 0.25) is 0 Å². The molecule has 0 saturated carbocycles. The first-order chi connectivity index (χ1) is 11.9. The van der Waals surface area contributed by atoms with E-state index in [2.05, 4.69) is 5.32 Å². The lowest BCUT2D eigenvalue weighted by atomic mass is 9.96. The smallest absolute Gasteiger partial charge is 0.308 e.